The van der Waals surface area contributed by atoms with E-state index in [0.717, 1.165) is 19.1 Å². The van der Waals surface area contributed by atoms with Crippen LogP contribution in [0.5, 0.6) is 0 Å². The Morgan fingerprint density at radius 1 is 1.62 bits per heavy atom. The van der Waals surface area contributed by atoms with Gasteiger partial charge >= 0.3 is 0 Å². The van der Waals surface area contributed by atoms with Crippen LogP contribution in [0, 0.1) is 5.92 Å². The highest BCUT2D eigenvalue weighted by Crippen LogP contribution is 2.30. The topological polar surface area (TPSA) is 26.3 Å². The van der Waals surface area contributed by atoms with E-state index in [4.69, 9.17) is 4.74 Å². The lowest BCUT2D eigenvalue weighted by molar-refractivity contribution is -0.109. The highest BCUT2D eigenvalue weighted by atomic mass is 16.5. The van der Waals surface area contributed by atoms with Gasteiger partial charge in [-0.15, -0.1) is 0 Å². The van der Waals surface area contributed by atoms with Crippen LogP contribution in [-0.4, -0.2) is 18.5 Å². The minimum Gasteiger partial charge on any atom is -0.371 e. The number of hydrogen-bond acceptors (Lipinski definition) is 2. The minimum atomic E-state index is 0.153. The van der Waals surface area contributed by atoms with Crippen molar-refractivity contribution in [1.29, 1.82) is 0 Å². The molecule has 0 amide bonds. The summed E-state index contributed by atoms with van der Waals surface area (Å²) in [6.45, 7) is 8.21. The van der Waals surface area contributed by atoms with Gasteiger partial charge in [0.25, 0.3) is 0 Å². The van der Waals surface area contributed by atoms with Gasteiger partial charge in [-0.25, -0.2) is 0 Å². The van der Waals surface area contributed by atoms with Crippen LogP contribution in [0.25, 0.3) is 0 Å². The van der Waals surface area contributed by atoms with E-state index in [0.29, 0.717) is 12.3 Å². The lowest BCUT2D eigenvalue weighted by Gasteiger charge is -2.34. The normalized spacial score (nSPS) is 34.6. The SMILES string of the molecule is C=C1C(C)CC(CCC=O)OC1C. The average Bonchev–Trinajstić information content (AvgIpc) is 2.10. The maximum atomic E-state index is 10.2. The zero-order valence-corrected chi connectivity index (χ0v) is 8.45. The Morgan fingerprint density at radius 2 is 2.31 bits per heavy atom. The van der Waals surface area contributed by atoms with E-state index in [2.05, 4.69) is 13.5 Å². The van der Waals surface area contributed by atoms with E-state index in [1.54, 1.807) is 0 Å². The summed E-state index contributed by atoms with van der Waals surface area (Å²) in [6.07, 6.45) is 3.84. The van der Waals surface area contributed by atoms with E-state index in [1.807, 2.05) is 6.92 Å². The van der Waals surface area contributed by atoms with Crippen molar-refractivity contribution in [3.05, 3.63) is 12.2 Å². The standard InChI is InChI=1S/C11H18O2/c1-8-7-11(5-4-6-12)13-10(3)9(8)2/h6,8,10-11H,2,4-5,7H2,1,3H3. The van der Waals surface area contributed by atoms with Crippen LogP contribution in [0.3, 0.4) is 0 Å². The average molecular weight is 182 g/mol. The highest BCUT2D eigenvalue weighted by Gasteiger charge is 2.26. The fourth-order valence-electron chi connectivity index (χ4n) is 1.82. The Balaban J connectivity index is 2.43. The molecule has 3 unspecified atom stereocenters. The third-order valence-corrected chi connectivity index (χ3v) is 2.77. The first-order valence-corrected chi connectivity index (χ1v) is 4.93. The fraction of sp³-hybridized carbons (Fsp3) is 0.727. The Labute approximate surface area is 80.0 Å². The molecule has 2 nitrogen and oxygen atoms in total. The molecule has 0 aromatic carbocycles. The summed E-state index contributed by atoms with van der Waals surface area (Å²) in [4.78, 5) is 10.2. The maximum Gasteiger partial charge on any atom is 0.120 e. The zero-order chi connectivity index (χ0) is 9.84. The second kappa shape index (κ2) is 4.56. The van der Waals surface area contributed by atoms with Crippen molar-refractivity contribution in [3.63, 3.8) is 0 Å². The predicted molar refractivity (Wildman–Crippen MR) is 52.6 cm³/mol. The quantitative estimate of drug-likeness (QED) is 0.494. The van der Waals surface area contributed by atoms with Gasteiger partial charge in [-0.2, -0.15) is 0 Å². The number of carbonyl (C=O) groups is 1. The fourth-order valence-corrected chi connectivity index (χ4v) is 1.82. The van der Waals surface area contributed by atoms with Crippen LogP contribution in [0.1, 0.15) is 33.1 Å². The molecule has 0 saturated carbocycles. The summed E-state index contributed by atoms with van der Waals surface area (Å²) in [5.41, 5.74) is 1.18. The second-order valence-electron chi connectivity index (χ2n) is 3.86. The lowest BCUT2D eigenvalue weighted by atomic mass is 9.88. The molecule has 0 spiro atoms. The first kappa shape index (κ1) is 10.5. The minimum absolute atomic E-state index is 0.153. The van der Waals surface area contributed by atoms with Crippen molar-refractivity contribution >= 4 is 6.29 Å². The van der Waals surface area contributed by atoms with Gasteiger partial charge < -0.3 is 9.53 Å². The lowest BCUT2D eigenvalue weighted by Crippen LogP contribution is -2.32. The van der Waals surface area contributed by atoms with Gasteiger partial charge in [0.2, 0.25) is 0 Å². The summed E-state index contributed by atoms with van der Waals surface area (Å²) < 4.78 is 5.71. The second-order valence-corrected chi connectivity index (χ2v) is 3.86. The van der Waals surface area contributed by atoms with Gasteiger partial charge in [-0.3, -0.25) is 0 Å². The summed E-state index contributed by atoms with van der Waals surface area (Å²) in [7, 11) is 0. The Kier molecular flexibility index (Phi) is 3.67. The predicted octanol–water partition coefficient (Wildman–Crippen LogP) is 2.34. The van der Waals surface area contributed by atoms with Crippen molar-refractivity contribution in [2.24, 2.45) is 5.92 Å². The van der Waals surface area contributed by atoms with Crippen LogP contribution in [0.15, 0.2) is 12.2 Å². The molecule has 0 N–H and O–H groups in total. The molecular weight excluding hydrogens is 164 g/mol. The molecule has 2 heteroatoms. The largest absolute Gasteiger partial charge is 0.371 e. The molecule has 1 saturated heterocycles. The third-order valence-electron chi connectivity index (χ3n) is 2.77. The highest BCUT2D eigenvalue weighted by molar-refractivity contribution is 5.49. The molecule has 3 atom stereocenters. The Bertz CT molecular complexity index is 184. The number of aldehydes is 1. The maximum absolute atomic E-state index is 10.2. The van der Waals surface area contributed by atoms with E-state index in [-0.39, 0.29) is 12.2 Å². The van der Waals surface area contributed by atoms with Gasteiger partial charge in [0.15, 0.2) is 0 Å². The summed E-state index contributed by atoms with van der Waals surface area (Å²) in [6, 6.07) is 0. The number of hydrogen-bond donors (Lipinski definition) is 0. The van der Waals surface area contributed by atoms with Crippen molar-refractivity contribution in [2.45, 2.75) is 45.3 Å². The van der Waals surface area contributed by atoms with E-state index in [1.165, 1.54) is 5.57 Å². The van der Waals surface area contributed by atoms with Gasteiger partial charge in [-0.05, 0) is 31.3 Å². The van der Waals surface area contributed by atoms with Gasteiger partial charge in [-0.1, -0.05) is 13.5 Å². The van der Waals surface area contributed by atoms with Gasteiger partial charge in [0.05, 0.1) is 12.2 Å². The molecule has 1 fully saturated rings. The summed E-state index contributed by atoms with van der Waals surface area (Å²) in [5.74, 6) is 0.528. The van der Waals surface area contributed by atoms with E-state index >= 15 is 0 Å². The molecule has 1 aliphatic heterocycles. The smallest absolute Gasteiger partial charge is 0.120 e. The van der Waals surface area contributed by atoms with Crippen LogP contribution >= 0.6 is 0 Å². The number of ether oxygens (including phenoxy) is 1. The van der Waals surface area contributed by atoms with Crippen molar-refractivity contribution < 1.29 is 9.53 Å². The molecule has 0 radical (unpaired) electrons. The van der Waals surface area contributed by atoms with Crippen molar-refractivity contribution in [1.82, 2.24) is 0 Å². The van der Waals surface area contributed by atoms with Crippen LogP contribution < -0.4 is 0 Å². The molecule has 1 rings (SSSR count). The van der Waals surface area contributed by atoms with Crippen molar-refractivity contribution in [3.8, 4) is 0 Å². The molecule has 0 aromatic rings. The van der Waals surface area contributed by atoms with Crippen LogP contribution in [-0.2, 0) is 9.53 Å². The molecule has 1 aliphatic rings. The van der Waals surface area contributed by atoms with Gasteiger partial charge in [0.1, 0.15) is 6.29 Å². The molecule has 0 aliphatic carbocycles. The van der Waals surface area contributed by atoms with Crippen LogP contribution in [0.2, 0.25) is 0 Å². The van der Waals surface area contributed by atoms with Crippen LogP contribution in [0.4, 0.5) is 0 Å². The monoisotopic (exact) mass is 182 g/mol. The first-order chi connectivity index (χ1) is 6.15. The number of carbonyl (C=O) groups excluding carboxylic acids is 1. The van der Waals surface area contributed by atoms with E-state index in [9.17, 15) is 4.79 Å². The summed E-state index contributed by atoms with van der Waals surface area (Å²) >= 11 is 0. The molecule has 74 valence electrons. The van der Waals surface area contributed by atoms with Gasteiger partial charge in [0, 0.05) is 6.42 Å². The molecule has 0 bridgehead atoms. The molecular formula is C11H18O2. The molecule has 0 aromatic heterocycles. The Hall–Kier alpha value is -0.630. The zero-order valence-electron chi connectivity index (χ0n) is 8.45. The third kappa shape index (κ3) is 2.66. The molecule has 1 heterocycles. The number of rotatable bonds is 3. The summed E-state index contributed by atoms with van der Waals surface area (Å²) in [5, 5.41) is 0. The van der Waals surface area contributed by atoms with Crippen molar-refractivity contribution in [2.75, 3.05) is 0 Å². The molecule has 13 heavy (non-hydrogen) atoms. The Morgan fingerprint density at radius 3 is 2.85 bits per heavy atom. The van der Waals surface area contributed by atoms with E-state index < -0.39 is 0 Å². The first-order valence-electron chi connectivity index (χ1n) is 4.93.